The van der Waals surface area contributed by atoms with Crippen molar-refractivity contribution in [1.82, 2.24) is 0 Å². The summed E-state index contributed by atoms with van der Waals surface area (Å²) in [6, 6.07) is 15.8. The van der Waals surface area contributed by atoms with E-state index in [-0.39, 0.29) is 6.61 Å². The number of nitriles is 1. The summed E-state index contributed by atoms with van der Waals surface area (Å²) in [6.45, 7) is 0.0106. The van der Waals surface area contributed by atoms with Crippen molar-refractivity contribution in [2.75, 3.05) is 19.0 Å². The highest BCUT2D eigenvalue weighted by Gasteiger charge is 2.11. The Morgan fingerprint density at radius 3 is 2.56 bits per heavy atom. The minimum absolute atomic E-state index is 0.313. The van der Waals surface area contributed by atoms with Crippen LogP contribution in [0.15, 0.2) is 48.5 Å². The lowest BCUT2D eigenvalue weighted by molar-refractivity contribution is -0.119. The summed E-state index contributed by atoms with van der Waals surface area (Å²) in [6.07, 6.45) is 0.313. The predicted molar refractivity (Wildman–Crippen MR) is 91.8 cm³/mol. The molecule has 2 aromatic carbocycles. The number of methoxy groups -OCH3 is 1. The summed E-state index contributed by atoms with van der Waals surface area (Å²) in [5.74, 6) is -1.01. The molecule has 0 bridgehead atoms. The van der Waals surface area contributed by atoms with E-state index in [0.29, 0.717) is 24.3 Å². The number of rotatable bonds is 7. The van der Waals surface area contributed by atoms with Crippen LogP contribution >= 0.6 is 0 Å². The topological polar surface area (TPSA) is 88.4 Å². The molecule has 0 aromatic heterocycles. The molecule has 0 heterocycles. The molecule has 0 unspecified atom stereocenters. The quantitative estimate of drug-likeness (QED) is 0.784. The zero-order valence-corrected chi connectivity index (χ0v) is 13.8. The van der Waals surface area contributed by atoms with Gasteiger partial charge in [-0.1, -0.05) is 24.3 Å². The molecule has 6 nitrogen and oxygen atoms in total. The van der Waals surface area contributed by atoms with Crippen LogP contribution in [0.5, 0.6) is 0 Å². The van der Waals surface area contributed by atoms with Crippen LogP contribution in [0.3, 0.4) is 0 Å². The number of benzene rings is 2. The maximum absolute atomic E-state index is 12.0. The molecule has 0 saturated heterocycles. The van der Waals surface area contributed by atoms with Gasteiger partial charge < -0.3 is 14.8 Å². The fourth-order valence-corrected chi connectivity index (χ4v) is 2.16. The Kier molecular flexibility index (Phi) is 6.69. The van der Waals surface area contributed by atoms with Gasteiger partial charge in [-0.2, -0.15) is 5.26 Å². The van der Waals surface area contributed by atoms with E-state index in [1.165, 1.54) is 0 Å². The van der Waals surface area contributed by atoms with Crippen molar-refractivity contribution < 1.29 is 19.1 Å². The normalized spacial score (nSPS) is 9.92. The maximum Gasteiger partial charge on any atom is 0.338 e. The SMILES string of the molecule is COCc1cccc(C(=O)OCC(=O)Nc2ccc(CC#N)cc2)c1. The van der Waals surface area contributed by atoms with Crippen LogP contribution < -0.4 is 5.32 Å². The van der Waals surface area contributed by atoms with Crippen LogP contribution in [0.25, 0.3) is 0 Å². The second-order valence-corrected chi connectivity index (χ2v) is 5.29. The van der Waals surface area contributed by atoms with Gasteiger partial charge in [-0.3, -0.25) is 4.79 Å². The van der Waals surface area contributed by atoms with Crippen LogP contribution in [0.2, 0.25) is 0 Å². The number of carbonyl (C=O) groups is 2. The molecule has 0 atom stereocenters. The van der Waals surface area contributed by atoms with Gasteiger partial charge in [0, 0.05) is 12.8 Å². The summed E-state index contributed by atoms with van der Waals surface area (Å²) in [4.78, 5) is 23.9. The minimum atomic E-state index is -0.572. The van der Waals surface area contributed by atoms with Crippen molar-refractivity contribution in [3.63, 3.8) is 0 Å². The minimum Gasteiger partial charge on any atom is -0.452 e. The molecule has 25 heavy (non-hydrogen) atoms. The highest BCUT2D eigenvalue weighted by atomic mass is 16.5. The number of nitrogens with zero attached hydrogens (tertiary/aromatic N) is 1. The van der Waals surface area contributed by atoms with Gasteiger partial charge in [0.2, 0.25) is 0 Å². The molecule has 0 radical (unpaired) electrons. The number of hydrogen-bond donors (Lipinski definition) is 1. The summed E-state index contributed by atoms with van der Waals surface area (Å²) >= 11 is 0. The number of ether oxygens (including phenoxy) is 2. The molecule has 0 saturated carbocycles. The molecule has 0 aliphatic carbocycles. The van der Waals surface area contributed by atoms with E-state index in [9.17, 15) is 9.59 Å². The summed E-state index contributed by atoms with van der Waals surface area (Å²) in [7, 11) is 1.57. The molecule has 1 N–H and O–H groups in total. The molecular weight excluding hydrogens is 320 g/mol. The third-order valence-electron chi connectivity index (χ3n) is 3.33. The maximum atomic E-state index is 12.0. The Hall–Kier alpha value is -3.17. The highest BCUT2D eigenvalue weighted by Crippen LogP contribution is 2.11. The van der Waals surface area contributed by atoms with Gasteiger partial charge in [-0.05, 0) is 35.4 Å². The van der Waals surface area contributed by atoms with Crippen LogP contribution in [0, 0.1) is 11.3 Å². The highest BCUT2D eigenvalue weighted by molar-refractivity contribution is 5.95. The Morgan fingerprint density at radius 1 is 1.12 bits per heavy atom. The molecule has 0 spiro atoms. The van der Waals surface area contributed by atoms with E-state index in [1.807, 2.05) is 6.07 Å². The Labute approximate surface area is 146 Å². The first kappa shape index (κ1) is 18.2. The third-order valence-corrected chi connectivity index (χ3v) is 3.33. The Balaban J connectivity index is 1.85. The monoisotopic (exact) mass is 338 g/mol. The predicted octanol–water partition coefficient (Wildman–Crippen LogP) is 2.69. The van der Waals surface area contributed by atoms with Crippen LogP contribution in [0.1, 0.15) is 21.5 Å². The molecular formula is C19H18N2O4. The molecule has 0 fully saturated rings. The smallest absolute Gasteiger partial charge is 0.338 e. The fraction of sp³-hybridized carbons (Fsp3) is 0.211. The standard InChI is InChI=1S/C19H18N2O4/c1-24-12-15-3-2-4-16(11-15)19(23)25-13-18(22)21-17-7-5-14(6-8-17)9-10-20/h2-8,11H,9,12-13H2,1H3,(H,21,22). The van der Waals surface area contributed by atoms with Crippen LogP contribution in [0.4, 0.5) is 5.69 Å². The average Bonchev–Trinajstić information content (AvgIpc) is 2.62. The van der Waals surface area contributed by atoms with E-state index in [0.717, 1.165) is 11.1 Å². The van der Waals surface area contributed by atoms with Crippen molar-refractivity contribution in [3.8, 4) is 6.07 Å². The van der Waals surface area contributed by atoms with Crippen molar-refractivity contribution in [2.45, 2.75) is 13.0 Å². The van der Waals surface area contributed by atoms with E-state index < -0.39 is 11.9 Å². The first-order valence-corrected chi connectivity index (χ1v) is 7.63. The number of amides is 1. The molecule has 2 rings (SSSR count). The lowest BCUT2D eigenvalue weighted by Gasteiger charge is -2.08. The van der Waals surface area contributed by atoms with E-state index in [1.54, 1.807) is 49.6 Å². The fourth-order valence-electron chi connectivity index (χ4n) is 2.16. The van der Waals surface area contributed by atoms with Gasteiger partial charge in [-0.25, -0.2) is 4.79 Å². The van der Waals surface area contributed by atoms with Gasteiger partial charge in [0.25, 0.3) is 5.91 Å². The zero-order valence-electron chi connectivity index (χ0n) is 13.8. The molecule has 2 aromatic rings. The van der Waals surface area contributed by atoms with Gasteiger partial charge >= 0.3 is 5.97 Å². The lowest BCUT2D eigenvalue weighted by atomic mass is 10.1. The largest absolute Gasteiger partial charge is 0.452 e. The van der Waals surface area contributed by atoms with Crippen molar-refractivity contribution in [3.05, 3.63) is 65.2 Å². The number of anilines is 1. The second-order valence-electron chi connectivity index (χ2n) is 5.29. The van der Waals surface area contributed by atoms with Gasteiger partial charge in [0.15, 0.2) is 6.61 Å². The number of hydrogen-bond acceptors (Lipinski definition) is 5. The van der Waals surface area contributed by atoms with Crippen molar-refractivity contribution in [2.24, 2.45) is 0 Å². The third kappa shape index (κ3) is 5.75. The Morgan fingerprint density at radius 2 is 1.88 bits per heavy atom. The van der Waals surface area contributed by atoms with Crippen molar-refractivity contribution >= 4 is 17.6 Å². The molecule has 128 valence electrons. The van der Waals surface area contributed by atoms with Gasteiger partial charge in [0.1, 0.15) is 0 Å². The number of esters is 1. The average molecular weight is 338 g/mol. The van der Waals surface area contributed by atoms with Gasteiger partial charge in [0.05, 0.1) is 24.7 Å². The lowest BCUT2D eigenvalue weighted by Crippen LogP contribution is -2.21. The van der Waals surface area contributed by atoms with Gasteiger partial charge in [-0.15, -0.1) is 0 Å². The molecule has 1 amide bonds. The van der Waals surface area contributed by atoms with E-state index in [2.05, 4.69) is 11.4 Å². The number of nitrogens with one attached hydrogen (secondary N) is 1. The summed E-state index contributed by atoms with van der Waals surface area (Å²) < 4.78 is 10.0. The first-order chi connectivity index (χ1) is 12.1. The van der Waals surface area contributed by atoms with E-state index >= 15 is 0 Å². The molecule has 0 aliphatic heterocycles. The summed E-state index contributed by atoms with van der Waals surface area (Å²) in [5, 5.41) is 11.3. The first-order valence-electron chi connectivity index (χ1n) is 7.63. The van der Waals surface area contributed by atoms with E-state index in [4.69, 9.17) is 14.7 Å². The number of carbonyl (C=O) groups excluding carboxylic acids is 2. The zero-order chi connectivity index (χ0) is 18.1. The molecule has 6 heteroatoms. The molecule has 0 aliphatic rings. The second kappa shape index (κ2) is 9.21. The van der Waals surface area contributed by atoms with Crippen LogP contribution in [-0.4, -0.2) is 25.6 Å². The van der Waals surface area contributed by atoms with Crippen LogP contribution in [-0.2, 0) is 27.3 Å². The Bertz CT molecular complexity index is 779. The summed E-state index contributed by atoms with van der Waals surface area (Å²) in [5.41, 5.74) is 2.65. The van der Waals surface area contributed by atoms with Crippen molar-refractivity contribution in [1.29, 1.82) is 5.26 Å².